The Labute approximate surface area is 186 Å². The van der Waals surface area contributed by atoms with Crippen molar-refractivity contribution in [1.82, 2.24) is 0 Å². The van der Waals surface area contributed by atoms with E-state index in [0.717, 1.165) is 18.0 Å². The van der Waals surface area contributed by atoms with E-state index in [1.807, 2.05) is 73.1 Å². The van der Waals surface area contributed by atoms with Crippen molar-refractivity contribution in [3.8, 4) is 11.5 Å². The van der Waals surface area contributed by atoms with E-state index in [2.05, 4.69) is 22.0 Å². The fourth-order valence-electron chi connectivity index (χ4n) is 2.94. The molecule has 0 aliphatic heterocycles. The van der Waals surface area contributed by atoms with Gasteiger partial charge in [0.05, 0.1) is 5.69 Å². The van der Waals surface area contributed by atoms with Gasteiger partial charge in [0.15, 0.2) is 18.9 Å². The smallest absolute Gasteiger partial charge is 0.255 e. The Bertz CT molecular complexity index is 1070. The molecule has 4 nitrogen and oxygen atoms in total. The molecule has 3 aromatic carbocycles. The van der Waals surface area contributed by atoms with Crippen LogP contribution >= 0.6 is 0 Å². The molecule has 5 heteroatoms. The summed E-state index contributed by atoms with van der Waals surface area (Å²) in [5.41, 5.74) is 2.56. The first kappa shape index (κ1) is 21.3. The van der Waals surface area contributed by atoms with Crippen molar-refractivity contribution >= 4 is 11.6 Å². The van der Waals surface area contributed by atoms with Gasteiger partial charge in [-0.25, -0.2) is 4.57 Å². The number of rotatable bonds is 6. The van der Waals surface area contributed by atoms with E-state index in [1.165, 1.54) is 5.56 Å². The van der Waals surface area contributed by atoms with E-state index in [4.69, 9.17) is 4.74 Å². The van der Waals surface area contributed by atoms with Gasteiger partial charge in [-0.2, -0.15) is 0 Å². The molecule has 0 spiro atoms. The second-order valence-electron chi connectivity index (χ2n) is 6.64. The molecule has 1 aromatic heterocycles. The van der Waals surface area contributed by atoms with Crippen LogP contribution < -0.4 is 31.6 Å². The highest BCUT2D eigenvalue weighted by Gasteiger charge is 2.08. The number of carbonyl (C=O) groups excluding carboxylic acids is 1. The third kappa shape index (κ3) is 5.78. The van der Waals surface area contributed by atoms with Crippen LogP contribution in [0.4, 0.5) is 5.69 Å². The van der Waals surface area contributed by atoms with E-state index in [0.29, 0.717) is 11.3 Å². The molecular formula is C25H21BrN2O2. The van der Waals surface area contributed by atoms with Crippen LogP contribution in [0.25, 0.3) is 0 Å². The van der Waals surface area contributed by atoms with Crippen LogP contribution in [0.5, 0.6) is 11.5 Å². The van der Waals surface area contributed by atoms with Crippen LogP contribution in [-0.4, -0.2) is 5.91 Å². The maximum atomic E-state index is 12.5. The number of anilines is 1. The van der Waals surface area contributed by atoms with Crippen molar-refractivity contribution in [3.05, 3.63) is 121 Å². The van der Waals surface area contributed by atoms with Gasteiger partial charge < -0.3 is 27.0 Å². The lowest BCUT2D eigenvalue weighted by Crippen LogP contribution is -3.00. The standard InChI is InChI=1S/C25H20N2O2.BrH/c28-25(21-11-13-24(14-12-21)29-23-9-5-2-6-10-23)26-22-15-17-27(18-16-22)19-20-7-3-1-4-8-20;/h1-18H,19H2;1H. The zero-order chi connectivity index (χ0) is 19.9. The summed E-state index contributed by atoms with van der Waals surface area (Å²) in [5.74, 6) is 1.30. The van der Waals surface area contributed by atoms with Crippen LogP contribution in [0.15, 0.2) is 109 Å². The van der Waals surface area contributed by atoms with Gasteiger partial charge in [0.1, 0.15) is 11.5 Å². The molecule has 4 aromatic rings. The minimum absolute atomic E-state index is 0. The second kappa shape index (κ2) is 10.4. The summed E-state index contributed by atoms with van der Waals surface area (Å²) in [6.45, 7) is 0.790. The van der Waals surface area contributed by atoms with Gasteiger partial charge in [0, 0.05) is 23.3 Å². The van der Waals surface area contributed by atoms with Gasteiger partial charge in [-0.1, -0.05) is 48.5 Å². The van der Waals surface area contributed by atoms with Crippen LogP contribution in [-0.2, 0) is 6.54 Å². The van der Waals surface area contributed by atoms with Crippen molar-refractivity contribution in [3.63, 3.8) is 0 Å². The highest BCUT2D eigenvalue weighted by molar-refractivity contribution is 6.04. The third-order valence-electron chi connectivity index (χ3n) is 4.45. The molecule has 0 radical (unpaired) electrons. The van der Waals surface area contributed by atoms with Crippen molar-refractivity contribution in [2.24, 2.45) is 0 Å². The van der Waals surface area contributed by atoms with E-state index in [-0.39, 0.29) is 22.9 Å². The minimum Gasteiger partial charge on any atom is -1.00 e. The average molecular weight is 461 g/mol. The lowest BCUT2D eigenvalue weighted by Gasteiger charge is -2.07. The fourth-order valence-corrected chi connectivity index (χ4v) is 2.94. The molecule has 30 heavy (non-hydrogen) atoms. The Hall–Kier alpha value is -3.44. The van der Waals surface area contributed by atoms with Crippen molar-refractivity contribution in [2.75, 3.05) is 5.32 Å². The Morgan fingerprint density at radius 2 is 1.30 bits per heavy atom. The summed E-state index contributed by atoms with van der Waals surface area (Å²) in [6.07, 6.45) is 3.92. The first-order valence-electron chi connectivity index (χ1n) is 9.44. The van der Waals surface area contributed by atoms with Crippen LogP contribution in [0.1, 0.15) is 15.9 Å². The van der Waals surface area contributed by atoms with Crippen molar-refractivity contribution in [1.29, 1.82) is 0 Å². The molecule has 0 fully saturated rings. The number of halogens is 1. The number of pyridine rings is 1. The number of hydrogen-bond donors (Lipinski definition) is 1. The van der Waals surface area contributed by atoms with Gasteiger partial charge in [0.25, 0.3) is 5.91 Å². The number of benzene rings is 3. The molecule has 0 bridgehead atoms. The molecule has 0 aliphatic carbocycles. The summed E-state index contributed by atoms with van der Waals surface area (Å²) >= 11 is 0. The van der Waals surface area contributed by atoms with Gasteiger partial charge in [-0.05, 0) is 36.4 Å². The predicted octanol–water partition coefficient (Wildman–Crippen LogP) is 2.07. The molecule has 0 aliphatic rings. The molecule has 4 rings (SSSR count). The molecule has 0 unspecified atom stereocenters. The Balaban J connectivity index is 0.00000256. The maximum Gasteiger partial charge on any atom is 0.255 e. The van der Waals surface area contributed by atoms with E-state index < -0.39 is 0 Å². The van der Waals surface area contributed by atoms with E-state index in [9.17, 15) is 4.79 Å². The number of para-hydroxylation sites is 1. The topological polar surface area (TPSA) is 42.2 Å². The highest BCUT2D eigenvalue weighted by Crippen LogP contribution is 2.21. The SMILES string of the molecule is O=C(Nc1cc[n+](Cc2ccccc2)cc1)c1ccc(Oc2ccccc2)cc1.[Br-]. The number of nitrogens with zero attached hydrogens (tertiary/aromatic N) is 1. The number of nitrogens with one attached hydrogen (secondary N) is 1. The normalized spacial score (nSPS) is 10.0. The van der Waals surface area contributed by atoms with Crippen LogP contribution in [0.2, 0.25) is 0 Å². The van der Waals surface area contributed by atoms with Gasteiger partial charge in [0.2, 0.25) is 0 Å². The Morgan fingerprint density at radius 3 is 1.93 bits per heavy atom. The molecule has 0 saturated carbocycles. The molecule has 1 amide bonds. The van der Waals surface area contributed by atoms with Crippen LogP contribution in [0, 0.1) is 0 Å². The zero-order valence-electron chi connectivity index (χ0n) is 16.2. The minimum atomic E-state index is -0.155. The Morgan fingerprint density at radius 1 is 0.733 bits per heavy atom. The first-order valence-corrected chi connectivity index (χ1v) is 9.44. The van der Waals surface area contributed by atoms with E-state index in [1.54, 1.807) is 24.3 Å². The summed E-state index contributed by atoms with van der Waals surface area (Å²) < 4.78 is 7.83. The maximum absolute atomic E-state index is 12.5. The summed E-state index contributed by atoms with van der Waals surface area (Å²) in [4.78, 5) is 12.5. The number of amides is 1. The third-order valence-corrected chi connectivity index (χ3v) is 4.45. The monoisotopic (exact) mass is 460 g/mol. The number of carbonyl (C=O) groups is 1. The molecule has 0 saturated heterocycles. The Kier molecular flexibility index (Phi) is 7.35. The van der Waals surface area contributed by atoms with E-state index >= 15 is 0 Å². The summed E-state index contributed by atoms with van der Waals surface area (Å²) in [7, 11) is 0. The fraction of sp³-hybridized carbons (Fsp3) is 0.0400. The number of aromatic nitrogens is 1. The van der Waals surface area contributed by atoms with Gasteiger partial charge in [-0.15, -0.1) is 0 Å². The zero-order valence-corrected chi connectivity index (χ0v) is 17.8. The molecule has 1 N–H and O–H groups in total. The molecule has 0 atom stereocenters. The summed E-state index contributed by atoms with van der Waals surface area (Å²) in [5, 5.41) is 2.93. The van der Waals surface area contributed by atoms with Gasteiger partial charge >= 0.3 is 0 Å². The number of ether oxygens (including phenoxy) is 1. The lowest BCUT2D eigenvalue weighted by atomic mass is 10.2. The van der Waals surface area contributed by atoms with Crippen molar-refractivity contribution in [2.45, 2.75) is 6.54 Å². The van der Waals surface area contributed by atoms with Crippen molar-refractivity contribution < 1.29 is 31.1 Å². The largest absolute Gasteiger partial charge is 1.00 e. The average Bonchev–Trinajstić information content (AvgIpc) is 2.77. The highest BCUT2D eigenvalue weighted by atomic mass is 79.9. The molecule has 150 valence electrons. The molecule has 1 heterocycles. The predicted molar refractivity (Wildman–Crippen MR) is 113 cm³/mol. The quantitative estimate of drug-likeness (QED) is 0.447. The van der Waals surface area contributed by atoms with Gasteiger partial charge in [-0.3, -0.25) is 4.79 Å². The lowest BCUT2D eigenvalue weighted by molar-refractivity contribution is -0.688. The first-order chi connectivity index (χ1) is 14.3. The second-order valence-corrected chi connectivity index (χ2v) is 6.64. The van der Waals surface area contributed by atoms with Crippen LogP contribution in [0.3, 0.4) is 0 Å². The summed E-state index contributed by atoms with van der Waals surface area (Å²) in [6, 6.07) is 30.7. The molecular weight excluding hydrogens is 440 g/mol. The number of hydrogen-bond acceptors (Lipinski definition) is 2.